The molecule has 1 aliphatic heterocycles. The minimum Gasteiger partial charge on any atom is -0.338 e. The summed E-state index contributed by atoms with van der Waals surface area (Å²) in [7, 11) is 0. The number of nitrogens with zero attached hydrogens (tertiary/aromatic N) is 1. The van der Waals surface area contributed by atoms with Crippen molar-refractivity contribution in [3.8, 4) is 0 Å². The van der Waals surface area contributed by atoms with Crippen LogP contribution in [0.25, 0.3) is 0 Å². The van der Waals surface area contributed by atoms with Gasteiger partial charge in [0.05, 0.1) is 0 Å². The number of carbonyl (C=O) groups excluding carboxylic acids is 1. The van der Waals surface area contributed by atoms with Gasteiger partial charge >= 0.3 is 6.03 Å². The third kappa shape index (κ3) is 5.89. The van der Waals surface area contributed by atoms with Crippen LogP contribution < -0.4 is 16.4 Å². The molecule has 1 rings (SSSR count). The Morgan fingerprint density at radius 3 is 2.71 bits per heavy atom. The molecule has 1 saturated heterocycles. The number of nitrogens with one attached hydrogen (secondary N) is 2. The molecule has 0 radical (unpaired) electrons. The number of rotatable bonds is 6. The van der Waals surface area contributed by atoms with E-state index in [1.54, 1.807) is 0 Å². The first-order chi connectivity index (χ1) is 8.26. The molecule has 1 aliphatic rings. The predicted octanol–water partition coefficient (Wildman–Crippen LogP) is 0.509. The first kappa shape index (κ1) is 14.3. The fourth-order valence-corrected chi connectivity index (χ4v) is 2.10. The van der Waals surface area contributed by atoms with E-state index in [4.69, 9.17) is 5.73 Å². The molecule has 17 heavy (non-hydrogen) atoms. The van der Waals surface area contributed by atoms with Gasteiger partial charge in [0.1, 0.15) is 0 Å². The summed E-state index contributed by atoms with van der Waals surface area (Å²) < 4.78 is 0. The van der Waals surface area contributed by atoms with E-state index in [0.717, 1.165) is 58.4 Å². The highest BCUT2D eigenvalue weighted by Crippen LogP contribution is 2.09. The lowest BCUT2D eigenvalue weighted by atomic mass is 10.1. The summed E-state index contributed by atoms with van der Waals surface area (Å²) in [6.07, 6.45) is 4.21. The highest BCUT2D eigenvalue weighted by Gasteiger charge is 2.19. The predicted molar refractivity (Wildman–Crippen MR) is 70.0 cm³/mol. The highest BCUT2D eigenvalue weighted by atomic mass is 16.2. The van der Waals surface area contributed by atoms with Crippen LogP contribution in [0.15, 0.2) is 0 Å². The van der Waals surface area contributed by atoms with Crippen molar-refractivity contribution < 1.29 is 4.79 Å². The lowest BCUT2D eigenvalue weighted by Crippen LogP contribution is -2.48. The largest absolute Gasteiger partial charge is 0.338 e. The van der Waals surface area contributed by atoms with Crippen LogP contribution in [0, 0.1) is 0 Å². The third-order valence-electron chi connectivity index (χ3n) is 3.18. The summed E-state index contributed by atoms with van der Waals surface area (Å²) in [5, 5.41) is 5.92. The van der Waals surface area contributed by atoms with Gasteiger partial charge in [-0.3, -0.25) is 0 Å². The molecule has 100 valence electrons. The van der Waals surface area contributed by atoms with Crippen molar-refractivity contribution in [2.75, 3.05) is 32.7 Å². The Kier molecular flexibility index (Phi) is 6.96. The first-order valence-electron chi connectivity index (χ1n) is 6.73. The average Bonchev–Trinajstić information content (AvgIpc) is 2.32. The second-order valence-corrected chi connectivity index (χ2v) is 4.66. The van der Waals surface area contributed by atoms with E-state index in [9.17, 15) is 4.79 Å². The molecule has 0 unspecified atom stereocenters. The second kappa shape index (κ2) is 8.31. The normalized spacial score (nSPS) is 18.0. The molecule has 0 bridgehead atoms. The molecule has 2 amide bonds. The van der Waals surface area contributed by atoms with E-state index in [2.05, 4.69) is 22.5 Å². The Balaban J connectivity index is 2.10. The van der Waals surface area contributed by atoms with Crippen molar-refractivity contribution >= 4 is 6.03 Å². The van der Waals surface area contributed by atoms with Crippen molar-refractivity contribution in [1.29, 1.82) is 0 Å². The topological polar surface area (TPSA) is 70.4 Å². The summed E-state index contributed by atoms with van der Waals surface area (Å²) in [6, 6.07) is 0.307. The Morgan fingerprint density at radius 1 is 1.41 bits per heavy atom. The molecule has 0 aromatic heterocycles. The van der Waals surface area contributed by atoms with Crippen LogP contribution in [-0.2, 0) is 0 Å². The standard InChI is InChI=1S/C12H26N4O/c1-2-3-7-14-12(17)15-11-4-8-16(9-5-11)10-6-13/h11H,2-10,13H2,1H3,(H2,14,15,17). The van der Waals surface area contributed by atoms with Gasteiger partial charge in [-0.05, 0) is 19.3 Å². The van der Waals surface area contributed by atoms with Crippen LogP contribution in [-0.4, -0.2) is 49.7 Å². The Bertz CT molecular complexity index is 215. The quantitative estimate of drug-likeness (QED) is 0.594. The smallest absolute Gasteiger partial charge is 0.315 e. The number of urea groups is 1. The zero-order chi connectivity index (χ0) is 12.5. The van der Waals surface area contributed by atoms with Gasteiger partial charge in [0.25, 0.3) is 0 Å². The van der Waals surface area contributed by atoms with Crippen molar-refractivity contribution in [2.24, 2.45) is 5.73 Å². The Hall–Kier alpha value is -0.810. The van der Waals surface area contributed by atoms with Gasteiger partial charge in [0.15, 0.2) is 0 Å². The van der Waals surface area contributed by atoms with Crippen LogP contribution in [0.5, 0.6) is 0 Å². The third-order valence-corrected chi connectivity index (χ3v) is 3.18. The molecular weight excluding hydrogens is 216 g/mol. The molecule has 4 N–H and O–H groups in total. The van der Waals surface area contributed by atoms with E-state index >= 15 is 0 Å². The van der Waals surface area contributed by atoms with Crippen molar-refractivity contribution in [3.63, 3.8) is 0 Å². The van der Waals surface area contributed by atoms with Crippen LogP contribution in [0.1, 0.15) is 32.6 Å². The number of carbonyl (C=O) groups is 1. The fraction of sp³-hybridized carbons (Fsp3) is 0.917. The number of nitrogens with two attached hydrogens (primary N) is 1. The maximum absolute atomic E-state index is 11.5. The maximum atomic E-state index is 11.5. The van der Waals surface area contributed by atoms with Gasteiger partial charge in [0, 0.05) is 38.8 Å². The molecule has 0 saturated carbocycles. The van der Waals surface area contributed by atoms with Crippen molar-refractivity contribution in [1.82, 2.24) is 15.5 Å². The van der Waals surface area contributed by atoms with Gasteiger partial charge < -0.3 is 21.3 Å². The monoisotopic (exact) mass is 242 g/mol. The highest BCUT2D eigenvalue weighted by molar-refractivity contribution is 5.74. The second-order valence-electron chi connectivity index (χ2n) is 4.66. The van der Waals surface area contributed by atoms with Crippen LogP contribution in [0.3, 0.4) is 0 Å². The van der Waals surface area contributed by atoms with Crippen molar-refractivity contribution in [2.45, 2.75) is 38.6 Å². The van der Waals surface area contributed by atoms with Gasteiger partial charge in [0.2, 0.25) is 0 Å². The number of likely N-dealkylation sites (tertiary alicyclic amines) is 1. The molecule has 0 aliphatic carbocycles. The number of hydrogen-bond donors (Lipinski definition) is 3. The number of unbranched alkanes of at least 4 members (excludes halogenated alkanes) is 1. The van der Waals surface area contributed by atoms with Crippen LogP contribution in [0.2, 0.25) is 0 Å². The summed E-state index contributed by atoms with van der Waals surface area (Å²) in [5.41, 5.74) is 5.52. The van der Waals surface area contributed by atoms with Gasteiger partial charge in [-0.15, -0.1) is 0 Å². The summed E-state index contributed by atoms with van der Waals surface area (Å²) >= 11 is 0. The first-order valence-corrected chi connectivity index (χ1v) is 6.73. The number of amides is 2. The van der Waals surface area contributed by atoms with E-state index < -0.39 is 0 Å². The molecule has 0 aromatic rings. The van der Waals surface area contributed by atoms with Crippen molar-refractivity contribution in [3.05, 3.63) is 0 Å². The zero-order valence-electron chi connectivity index (χ0n) is 10.9. The minimum atomic E-state index is -0.0178. The van der Waals surface area contributed by atoms with Gasteiger partial charge in [-0.25, -0.2) is 4.79 Å². The summed E-state index contributed by atoms with van der Waals surface area (Å²) in [5.74, 6) is 0. The van der Waals surface area contributed by atoms with E-state index in [-0.39, 0.29) is 6.03 Å². The van der Waals surface area contributed by atoms with Gasteiger partial charge in [-0.2, -0.15) is 0 Å². The van der Waals surface area contributed by atoms with Gasteiger partial charge in [-0.1, -0.05) is 13.3 Å². The number of hydrogen-bond acceptors (Lipinski definition) is 3. The maximum Gasteiger partial charge on any atom is 0.315 e. The molecule has 0 aromatic carbocycles. The Labute approximate surface area is 104 Å². The van der Waals surface area contributed by atoms with Crippen LogP contribution in [0.4, 0.5) is 4.79 Å². The lowest BCUT2D eigenvalue weighted by molar-refractivity contribution is 0.195. The molecule has 5 heteroatoms. The SMILES string of the molecule is CCCCNC(=O)NC1CCN(CCN)CC1. The van der Waals surface area contributed by atoms with E-state index in [1.807, 2.05) is 0 Å². The molecule has 0 atom stereocenters. The molecule has 0 spiro atoms. The Morgan fingerprint density at radius 2 is 2.12 bits per heavy atom. The molecular formula is C12H26N4O. The average molecular weight is 242 g/mol. The fourth-order valence-electron chi connectivity index (χ4n) is 2.10. The van der Waals surface area contributed by atoms with E-state index in [1.165, 1.54) is 0 Å². The molecule has 1 fully saturated rings. The number of piperidine rings is 1. The molecule has 5 nitrogen and oxygen atoms in total. The van der Waals surface area contributed by atoms with Crippen LogP contribution >= 0.6 is 0 Å². The lowest BCUT2D eigenvalue weighted by Gasteiger charge is -2.31. The summed E-state index contributed by atoms with van der Waals surface area (Å²) in [4.78, 5) is 13.9. The summed E-state index contributed by atoms with van der Waals surface area (Å²) in [6.45, 7) is 6.65. The molecule has 1 heterocycles. The minimum absolute atomic E-state index is 0.0178. The zero-order valence-corrected chi connectivity index (χ0v) is 10.9. The van der Waals surface area contributed by atoms with E-state index in [0.29, 0.717) is 6.04 Å².